The normalized spacial score (nSPS) is 10.7. The Morgan fingerprint density at radius 1 is 0.750 bits per heavy atom. The third-order valence-corrected chi connectivity index (χ3v) is 4.06. The Bertz CT molecular complexity index is 997. The van der Waals surface area contributed by atoms with E-state index in [0.717, 1.165) is 28.2 Å². The predicted octanol–water partition coefficient (Wildman–Crippen LogP) is 4.40. The number of pyridine rings is 1. The summed E-state index contributed by atoms with van der Waals surface area (Å²) in [4.78, 5) is 4.11. The van der Waals surface area contributed by atoms with Gasteiger partial charge in [0, 0.05) is 30.6 Å². The second kappa shape index (κ2) is 6.08. The third-order valence-electron chi connectivity index (χ3n) is 4.06. The molecule has 0 aliphatic heterocycles. The predicted molar refractivity (Wildman–Crippen MR) is 97.8 cm³/mol. The average Bonchev–Trinajstić information content (AvgIpc) is 2.68. The van der Waals surface area contributed by atoms with Gasteiger partial charge in [-0.05, 0) is 40.6 Å². The Balaban J connectivity index is 1.93. The van der Waals surface area contributed by atoms with Gasteiger partial charge in [0.2, 0.25) is 0 Å². The summed E-state index contributed by atoms with van der Waals surface area (Å²) in [6, 6.07) is 20.7. The van der Waals surface area contributed by atoms with Crippen LogP contribution in [0.4, 0.5) is 5.82 Å². The number of hydrogen-bond acceptors (Lipinski definition) is 4. The smallest absolute Gasteiger partial charge is 0.149 e. The molecule has 4 nitrogen and oxygen atoms in total. The first-order valence-electron chi connectivity index (χ1n) is 7.80. The van der Waals surface area contributed by atoms with E-state index < -0.39 is 0 Å². The summed E-state index contributed by atoms with van der Waals surface area (Å²) in [5, 5.41) is 14.2. The Hall–Kier alpha value is -3.27. The lowest BCUT2D eigenvalue weighted by atomic mass is 9.98. The fraction of sp³-hybridized carbons (Fsp3) is 0.0500. The molecule has 0 aliphatic rings. The molecule has 2 aromatic carbocycles. The van der Waals surface area contributed by atoms with E-state index in [2.05, 4.69) is 50.8 Å². The highest BCUT2D eigenvalue weighted by atomic mass is 15.2. The number of hydrogen-bond donors (Lipinski definition) is 1. The summed E-state index contributed by atoms with van der Waals surface area (Å²) in [5.41, 5.74) is 4.02. The van der Waals surface area contributed by atoms with E-state index in [-0.39, 0.29) is 0 Å². The average molecular weight is 312 g/mol. The number of benzene rings is 2. The molecule has 0 saturated heterocycles. The fourth-order valence-corrected chi connectivity index (χ4v) is 2.82. The van der Waals surface area contributed by atoms with Gasteiger partial charge in [0.05, 0.1) is 0 Å². The minimum Gasteiger partial charge on any atom is -0.372 e. The first kappa shape index (κ1) is 14.3. The van der Waals surface area contributed by atoms with Crippen LogP contribution < -0.4 is 5.32 Å². The van der Waals surface area contributed by atoms with Crippen LogP contribution in [0.2, 0.25) is 0 Å². The standard InChI is InChI=1S/C20H16N4/c1-21-19-13-18(15-8-10-22-11-9-15)20(24-23-19)17-7-6-14-4-2-3-5-16(14)12-17/h2-13H,1H3,(H,21,23). The van der Waals surface area contributed by atoms with Crippen LogP contribution in [0.15, 0.2) is 73.1 Å². The Labute approximate surface area is 140 Å². The first-order chi connectivity index (χ1) is 11.8. The second-order valence-corrected chi connectivity index (χ2v) is 5.54. The lowest BCUT2D eigenvalue weighted by molar-refractivity contribution is 1.04. The summed E-state index contributed by atoms with van der Waals surface area (Å²) in [6.45, 7) is 0. The molecule has 116 valence electrons. The second-order valence-electron chi connectivity index (χ2n) is 5.54. The van der Waals surface area contributed by atoms with E-state index in [1.807, 2.05) is 37.4 Å². The van der Waals surface area contributed by atoms with Gasteiger partial charge >= 0.3 is 0 Å². The molecule has 0 fully saturated rings. The van der Waals surface area contributed by atoms with Crippen LogP contribution in [0.1, 0.15) is 0 Å². The van der Waals surface area contributed by atoms with E-state index in [9.17, 15) is 0 Å². The minimum atomic E-state index is 0.742. The zero-order valence-electron chi connectivity index (χ0n) is 13.3. The minimum absolute atomic E-state index is 0.742. The molecular weight excluding hydrogens is 296 g/mol. The number of anilines is 1. The Kier molecular flexibility index (Phi) is 3.63. The fourth-order valence-electron chi connectivity index (χ4n) is 2.82. The highest BCUT2D eigenvalue weighted by molar-refractivity contribution is 5.90. The third kappa shape index (κ3) is 2.58. The summed E-state index contributed by atoms with van der Waals surface area (Å²) in [5.74, 6) is 0.742. The molecule has 1 N–H and O–H groups in total. The van der Waals surface area contributed by atoms with Crippen molar-refractivity contribution < 1.29 is 0 Å². The Morgan fingerprint density at radius 2 is 1.54 bits per heavy atom. The van der Waals surface area contributed by atoms with Crippen molar-refractivity contribution in [2.75, 3.05) is 12.4 Å². The Morgan fingerprint density at radius 3 is 2.33 bits per heavy atom. The quantitative estimate of drug-likeness (QED) is 0.609. The van der Waals surface area contributed by atoms with Crippen LogP contribution >= 0.6 is 0 Å². The highest BCUT2D eigenvalue weighted by Crippen LogP contribution is 2.32. The molecule has 0 amide bonds. The van der Waals surface area contributed by atoms with E-state index in [1.165, 1.54) is 10.8 Å². The van der Waals surface area contributed by atoms with Crippen LogP contribution in [-0.4, -0.2) is 22.2 Å². The molecular formula is C20H16N4. The molecule has 0 spiro atoms. The lowest BCUT2D eigenvalue weighted by Crippen LogP contribution is -1.98. The van der Waals surface area contributed by atoms with Crippen LogP contribution in [0.3, 0.4) is 0 Å². The molecule has 0 aliphatic carbocycles. The molecule has 24 heavy (non-hydrogen) atoms. The zero-order chi connectivity index (χ0) is 16.4. The molecule has 0 bridgehead atoms. The van der Waals surface area contributed by atoms with Crippen molar-refractivity contribution in [2.45, 2.75) is 0 Å². The number of rotatable bonds is 3. The SMILES string of the molecule is CNc1cc(-c2ccncc2)c(-c2ccc3ccccc3c2)nn1. The van der Waals surface area contributed by atoms with Gasteiger partial charge in [-0.15, -0.1) is 10.2 Å². The number of fused-ring (bicyclic) bond motifs is 1. The molecule has 4 aromatic rings. The maximum atomic E-state index is 4.47. The zero-order valence-corrected chi connectivity index (χ0v) is 13.3. The van der Waals surface area contributed by atoms with E-state index in [4.69, 9.17) is 0 Å². The van der Waals surface area contributed by atoms with Crippen LogP contribution in [0.25, 0.3) is 33.2 Å². The number of nitrogens with one attached hydrogen (secondary N) is 1. The molecule has 4 rings (SSSR count). The first-order valence-corrected chi connectivity index (χ1v) is 7.80. The van der Waals surface area contributed by atoms with Crippen molar-refractivity contribution in [3.8, 4) is 22.4 Å². The molecule has 0 unspecified atom stereocenters. The summed E-state index contributed by atoms with van der Waals surface area (Å²) < 4.78 is 0. The van der Waals surface area contributed by atoms with Crippen molar-refractivity contribution in [3.63, 3.8) is 0 Å². The topological polar surface area (TPSA) is 50.7 Å². The van der Waals surface area contributed by atoms with Gasteiger partial charge in [0.1, 0.15) is 11.5 Å². The molecule has 0 radical (unpaired) electrons. The van der Waals surface area contributed by atoms with Gasteiger partial charge in [-0.3, -0.25) is 4.98 Å². The lowest BCUT2D eigenvalue weighted by Gasteiger charge is -2.11. The number of aromatic nitrogens is 3. The van der Waals surface area contributed by atoms with Crippen molar-refractivity contribution in [1.82, 2.24) is 15.2 Å². The summed E-state index contributed by atoms with van der Waals surface area (Å²) in [7, 11) is 1.84. The summed E-state index contributed by atoms with van der Waals surface area (Å²) >= 11 is 0. The maximum Gasteiger partial charge on any atom is 0.149 e. The highest BCUT2D eigenvalue weighted by Gasteiger charge is 2.12. The van der Waals surface area contributed by atoms with E-state index in [1.54, 1.807) is 12.4 Å². The van der Waals surface area contributed by atoms with Gasteiger partial charge < -0.3 is 5.32 Å². The van der Waals surface area contributed by atoms with Gasteiger partial charge in [-0.1, -0.05) is 36.4 Å². The molecule has 4 heteroatoms. The van der Waals surface area contributed by atoms with Crippen molar-refractivity contribution in [2.24, 2.45) is 0 Å². The molecule has 2 heterocycles. The van der Waals surface area contributed by atoms with Gasteiger partial charge in [0.25, 0.3) is 0 Å². The van der Waals surface area contributed by atoms with Crippen LogP contribution in [-0.2, 0) is 0 Å². The van der Waals surface area contributed by atoms with Gasteiger partial charge in [0.15, 0.2) is 0 Å². The van der Waals surface area contributed by atoms with Gasteiger partial charge in [-0.25, -0.2) is 0 Å². The maximum absolute atomic E-state index is 4.47. The van der Waals surface area contributed by atoms with Crippen molar-refractivity contribution in [3.05, 3.63) is 73.1 Å². The van der Waals surface area contributed by atoms with Gasteiger partial charge in [-0.2, -0.15) is 0 Å². The van der Waals surface area contributed by atoms with Crippen LogP contribution in [0.5, 0.6) is 0 Å². The van der Waals surface area contributed by atoms with E-state index >= 15 is 0 Å². The molecule has 0 saturated carbocycles. The monoisotopic (exact) mass is 312 g/mol. The number of nitrogens with zero attached hydrogens (tertiary/aromatic N) is 3. The summed E-state index contributed by atoms with van der Waals surface area (Å²) in [6.07, 6.45) is 3.58. The van der Waals surface area contributed by atoms with Crippen molar-refractivity contribution >= 4 is 16.6 Å². The largest absolute Gasteiger partial charge is 0.372 e. The van der Waals surface area contributed by atoms with Crippen molar-refractivity contribution in [1.29, 1.82) is 0 Å². The molecule has 2 aromatic heterocycles. The van der Waals surface area contributed by atoms with Crippen LogP contribution in [0, 0.1) is 0 Å². The molecule has 0 atom stereocenters. The van der Waals surface area contributed by atoms with E-state index in [0.29, 0.717) is 0 Å².